The van der Waals surface area contributed by atoms with Gasteiger partial charge in [-0.3, -0.25) is 4.98 Å². The van der Waals surface area contributed by atoms with Gasteiger partial charge in [-0.25, -0.2) is 0 Å². The molecule has 1 heterocycles. The summed E-state index contributed by atoms with van der Waals surface area (Å²) in [4.78, 5) is 4.22. The molecular weight excluding hydrogens is 260 g/mol. The molecule has 1 aromatic carbocycles. The Morgan fingerprint density at radius 2 is 2.10 bits per heavy atom. The zero-order valence-electron chi connectivity index (χ0n) is 12.9. The highest BCUT2D eigenvalue weighted by Gasteiger charge is 2.08. The first kappa shape index (κ1) is 15.5. The van der Waals surface area contributed by atoms with Crippen LogP contribution < -0.4 is 10.5 Å². The minimum absolute atomic E-state index is 0.0109. The maximum atomic E-state index is 6.28. The average molecular weight is 284 g/mol. The fourth-order valence-corrected chi connectivity index (χ4v) is 2.29. The van der Waals surface area contributed by atoms with Crippen LogP contribution in [0.5, 0.6) is 5.75 Å². The molecule has 1 unspecified atom stereocenters. The van der Waals surface area contributed by atoms with Gasteiger partial charge >= 0.3 is 0 Å². The SMILES string of the molecule is CCCOc1cncc(C(N)CCc2cccc(C)c2)c1. The number of aromatic nitrogens is 1. The van der Waals surface area contributed by atoms with Crippen molar-refractivity contribution in [3.63, 3.8) is 0 Å². The van der Waals surface area contributed by atoms with Crippen LogP contribution in [0.25, 0.3) is 0 Å². The van der Waals surface area contributed by atoms with Crippen molar-refractivity contribution in [1.82, 2.24) is 4.98 Å². The van der Waals surface area contributed by atoms with Gasteiger partial charge in [-0.1, -0.05) is 36.8 Å². The molecule has 0 amide bonds. The lowest BCUT2D eigenvalue weighted by Crippen LogP contribution is -2.12. The number of benzene rings is 1. The van der Waals surface area contributed by atoms with Gasteiger partial charge in [-0.2, -0.15) is 0 Å². The van der Waals surface area contributed by atoms with Crippen LogP contribution in [0.2, 0.25) is 0 Å². The second-order valence-electron chi connectivity index (χ2n) is 5.44. The number of hydrogen-bond donors (Lipinski definition) is 1. The van der Waals surface area contributed by atoms with Gasteiger partial charge in [-0.05, 0) is 43.4 Å². The van der Waals surface area contributed by atoms with Crippen molar-refractivity contribution < 1.29 is 4.74 Å². The van der Waals surface area contributed by atoms with E-state index >= 15 is 0 Å². The smallest absolute Gasteiger partial charge is 0.137 e. The van der Waals surface area contributed by atoms with Crippen molar-refractivity contribution in [2.45, 2.75) is 39.2 Å². The van der Waals surface area contributed by atoms with Gasteiger partial charge in [0.15, 0.2) is 0 Å². The Kier molecular flexibility index (Phi) is 5.76. The molecule has 0 bridgehead atoms. The number of nitrogens with zero attached hydrogens (tertiary/aromatic N) is 1. The number of hydrogen-bond acceptors (Lipinski definition) is 3. The van der Waals surface area contributed by atoms with Crippen LogP contribution in [0.3, 0.4) is 0 Å². The summed E-state index contributed by atoms with van der Waals surface area (Å²) in [6, 6.07) is 10.6. The zero-order valence-corrected chi connectivity index (χ0v) is 12.9. The summed E-state index contributed by atoms with van der Waals surface area (Å²) in [7, 11) is 0. The highest BCUT2D eigenvalue weighted by molar-refractivity contribution is 5.27. The molecule has 0 saturated heterocycles. The van der Waals surface area contributed by atoms with Gasteiger partial charge in [0.05, 0.1) is 12.8 Å². The van der Waals surface area contributed by atoms with Crippen LogP contribution in [0.4, 0.5) is 0 Å². The standard InChI is InChI=1S/C18H24N2O/c1-3-9-21-17-11-16(12-20-13-17)18(19)8-7-15-6-4-5-14(2)10-15/h4-6,10-13,18H,3,7-9,19H2,1-2H3. The number of ether oxygens (including phenoxy) is 1. The van der Waals surface area contributed by atoms with Crippen LogP contribution in [0, 0.1) is 6.92 Å². The fraction of sp³-hybridized carbons (Fsp3) is 0.389. The van der Waals surface area contributed by atoms with E-state index in [1.807, 2.05) is 12.3 Å². The Morgan fingerprint density at radius 3 is 2.86 bits per heavy atom. The zero-order chi connectivity index (χ0) is 15.1. The molecule has 0 aliphatic heterocycles. The topological polar surface area (TPSA) is 48.1 Å². The summed E-state index contributed by atoms with van der Waals surface area (Å²) < 4.78 is 5.61. The summed E-state index contributed by atoms with van der Waals surface area (Å²) in [6.07, 6.45) is 6.45. The van der Waals surface area contributed by atoms with E-state index in [1.54, 1.807) is 6.20 Å². The Hall–Kier alpha value is -1.87. The normalized spacial score (nSPS) is 12.1. The molecule has 0 fully saturated rings. The van der Waals surface area contributed by atoms with Crippen molar-refractivity contribution in [1.29, 1.82) is 0 Å². The van der Waals surface area contributed by atoms with Gasteiger partial charge in [0.25, 0.3) is 0 Å². The molecule has 0 saturated carbocycles. The minimum atomic E-state index is -0.0109. The largest absolute Gasteiger partial charge is 0.492 e. The molecule has 0 aliphatic rings. The molecule has 2 rings (SSSR count). The third kappa shape index (κ3) is 4.87. The summed E-state index contributed by atoms with van der Waals surface area (Å²) in [6.45, 7) is 4.91. The lowest BCUT2D eigenvalue weighted by molar-refractivity contribution is 0.315. The second-order valence-corrected chi connectivity index (χ2v) is 5.44. The van der Waals surface area contributed by atoms with Gasteiger partial charge < -0.3 is 10.5 Å². The van der Waals surface area contributed by atoms with E-state index < -0.39 is 0 Å². The predicted molar refractivity (Wildman–Crippen MR) is 86.5 cm³/mol. The van der Waals surface area contributed by atoms with Crippen LogP contribution in [0.15, 0.2) is 42.7 Å². The third-order valence-electron chi connectivity index (χ3n) is 3.46. The van der Waals surface area contributed by atoms with Crippen molar-refractivity contribution in [3.05, 3.63) is 59.4 Å². The maximum absolute atomic E-state index is 6.28. The van der Waals surface area contributed by atoms with Crippen molar-refractivity contribution in [3.8, 4) is 5.75 Å². The molecule has 3 nitrogen and oxygen atoms in total. The Labute approximate surface area is 127 Å². The van der Waals surface area contributed by atoms with Crippen molar-refractivity contribution >= 4 is 0 Å². The molecular formula is C18H24N2O. The van der Waals surface area contributed by atoms with E-state index in [1.165, 1.54) is 11.1 Å². The van der Waals surface area contributed by atoms with Gasteiger partial charge in [0.2, 0.25) is 0 Å². The highest BCUT2D eigenvalue weighted by atomic mass is 16.5. The maximum Gasteiger partial charge on any atom is 0.137 e. The van der Waals surface area contributed by atoms with Gasteiger partial charge in [0, 0.05) is 12.2 Å². The molecule has 0 spiro atoms. The molecule has 112 valence electrons. The number of aryl methyl sites for hydroxylation is 2. The third-order valence-corrected chi connectivity index (χ3v) is 3.46. The Balaban J connectivity index is 1.95. The monoisotopic (exact) mass is 284 g/mol. The summed E-state index contributed by atoms with van der Waals surface area (Å²) in [5, 5.41) is 0. The van der Waals surface area contributed by atoms with Crippen LogP contribution in [-0.2, 0) is 6.42 Å². The van der Waals surface area contributed by atoms with Crippen molar-refractivity contribution in [2.75, 3.05) is 6.61 Å². The van der Waals surface area contributed by atoms with Crippen LogP contribution in [-0.4, -0.2) is 11.6 Å². The molecule has 1 atom stereocenters. The highest BCUT2D eigenvalue weighted by Crippen LogP contribution is 2.20. The van der Waals surface area contributed by atoms with E-state index in [0.717, 1.165) is 30.6 Å². The summed E-state index contributed by atoms with van der Waals surface area (Å²) >= 11 is 0. The lowest BCUT2D eigenvalue weighted by atomic mass is 10.00. The molecule has 2 aromatic rings. The number of rotatable bonds is 7. The molecule has 21 heavy (non-hydrogen) atoms. The van der Waals surface area contributed by atoms with Crippen LogP contribution in [0.1, 0.15) is 42.5 Å². The first-order chi connectivity index (χ1) is 10.2. The van der Waals surface area contributed by atoms with Gasteiger partial charge in [-0.15, -0.1) is 0 Å². The van der Waals surface area contributed by atoms with E-state index in [-0.39, 0.29) is 6.04 Å². The molecule has 0 radical (unpaired) electrons. The van der Waals surface area contributed by atoms with Gasteiger partial charge in [0.1, 0.15) is 5.75 Å². The number of nitrogens with two attached hydrogens (primary N) is 1. The van der Waals surface area contributed by atoms with E-state index in [9.17, 15) is 0 Å². The quantitative estimate of drug-likeness (QED) is 0.841. The molecule has 3 heteroatoms. The van der Waals surface area contributed by atoms with Crippen LogP contribution >= 0.6 is 0 Å². The van der Waals surface area contributed by atoms with E-state index in [4.69, 9.17) is 10.5 Å². The second kappa shape index (κ2) is 7.79. The fourth-order valence-electron chi connectivity index (χ4n) is 2.29. The first-order valence-corrected chi connectivity index (χ1v) is 7.58. The van der Waals surface area contributed by atoms with E-state index in [2.05, 4.69) is 43.1 Å². The molecule has 0 aliphatic carbocycles. The molecule has 2 N–H and O–H groups in total. The van der Waals surface area contributed by atoms with Crippen molar-refractivity contribution in [2.24, 2.45) is 5.73 Å². The number of pyridine rings is 1. The Bertz CT molecular complexity index is 569. The summed E-state index contributed by atoms with van der Waals surface area (Å²) in [5.74, 6) is 0.806. The Morgan fingerprint density at radius 1 is 1.24 bits per heavy atom. The lowest BCUT2D eigenvalue weighted by Gasteiger charge is -2.13. The minimum Gasteiger partial charge on any atom is -0.492 e. The molecule has 1 aromatic heterocycles. The van der Waals surface area contributed by atoms with E-state index in [0.29, 0.717) is 6.61 Å². The first-order valence-electron chi connectivity index (χ1n) is 7.58. The summed E-state index contributed by atoms with van der Waals surface area (Å²) in [5.41, 5.74) is 9.94. The predicted octanol–water partition coefficient (Wildman–Crippen LogP) is 3.81. The average Bonchev–Trinajstić information content (AvgIpc) is 2.51.